The van der Waals surface area contributed by atoms with Crippen LogP contribution in [0.15, 0.2) is 30.7 Å². The number of imidazole rings is 1. The Kier molecular flexibility index (Phi) is 3.52. The maximum absolute atomic E-state index is 10.7. The second kappa shape index (κ2) is 5.26. The van der Waals surface area contributed by atoms with Crippen LogP contribution in [0.2, 0.25) is 0 Å². The summed E-state index contributed by atoms with van der Waals surface area (Å²) in [6, 6.07) is 5.68. The lowest BCUT2D eigenvalue weighted by Crippen LogP contribution is -2.10. The van der Waals surface area contributed by atoms with Crippen molar-refractivity contribution >= 4 is 11.6 Å². The molecular weight excluding hydrogens is 234 g/mol. The van der Waals surface area contributed by atoms with Gasteiger partial charge in [0.2, 0.25) is 12.1 Å². The van der Waals surface area contributed by atoms with E-state index >= 15 is 0 Å². The number of hydrogen-bond acceptors (Lipinski definition) is 5. The molecule has 0 aromatic carbocycles. The Morgan fingerprint density at radius 2 is 2.28 bits per heavy atom. The Morgan fingerprint density at radius 1 is 1.44 bits per heavy atom. The first-order valence-corrected chi connectivity index (χ1v) is 5.48. The van der Waals surface area contributed by atoms with Crippen LogP contribution in [0.3, 0.4) is 0 Å². The minimum absolute atomic E-state index is 0.154. The second-order valence-electron chi connectivity index (χ2n) is 3.78. The summed E-state index contributed by atoms with van der Waals surface area (Å²) in [5.41, 5.74) is 0.940. The Labute approximate surface area is 104 Å². The molecule has 2 rings (SSSR count). The summed E-state index contributed by atoms with van der Waals surface area (Å²) in [5, 5.41) is 13.8. The molecule has 0 atom stereocenters. The van der Waals surface area contributed by atoms with Crippen molar-refractivity contribution in [3.05, 3.63) is 46.5 Å². The number of hydrogen-bond donors (Lipinski definition) is 1. The van der Waals surface area contributed by atoms with Gasteiger partial charge >= 0.3 is 5.82 Å². The summed E-state index contributed by atoms with van der Waals surface area (Å²) in [7, 11) is 1.71. The molecule has 0 unspecified atom stereocenters. The average Bonchev–Trinajstić information content (AvgIpc) is 2.73. The molecule has 0 saturated heterocycles. The number of rotatable bonds is 5. The van der Waals surface area contributed by atoms with Crippen LogP contribution in [0.5, 0.6) is 0 Å². The first-order chi connectivity index (χ1) is 8.68. The van der Waals surface area contributed by atoms with Gasteiger partial charge in [0.25, 0.3) is 0 Å². The van der Waals surface area contributed by atoms with Gasteiger partial charge in [-0.1, -0.05) is 6.07 Å². The lowest BCUT2D eigenvalue weighted by molar-refractivity contribution is -0.388. The van der Waals surface area contributed by atoms with Crippen molar-refractivity contribution in [3.63, 3.8) is 0 Å². The smallest absolute Gasteiger partial charge is 0.364 e. The zero-order valence-corrected chi connectivity index (χ0v) is 9.91. The minimum atomic E-state index is -0.497. The first kappa shape index (κ1) is 12.0. The summed E-state index contributed by atoms with van der Waals surface area (Å²) in [4.78, 5) is 18.2. The van der Waals surface area contributed by atoms with E-state index in [1.807, 2.05) is 18.2 Å². The summed E-state index contributed by atoms with van der Waals surface area (Å²) < 4.78 is 1.59. The third-order valence-electron chi connectivity index (χ3n) is 2.49. The van der Waals surface area contributed by atoms with Crippen molar-refractivity contribution in [1.29, 1.82) is 0 Å². The van der Waals surface area contributed by atoms with E-state index in [9.17, 15) is 10.1 Å². The number of aryl methyl sites for hydroxylation is 1. The van der Waals surface area contributed by atoms with Gasteiger partial charge in [-0.05, 0) is 22.0 Å². The summed E-state index contributed by atoms with van der Waals surface area (Å²) >= 11 is 0. The highest BCUT2D eigenvalue weighted by Gasteiger charge is 2.19. The lowest BCUT2D eigenvalue weighted by atomic mass is 10.3. The van der Waals surface area contributed by atoms with E-state index in [1.54, 1.807) is 17.8 Å². The molecule has 2 aromatic heterocycles. The normalized spacial score (nSPS) is 10.3. The van der Waals surface area contributed by atoms with Gasteiger partial charge in [-0.2, -0.15) is 0 Å². The molecule has 0 bridgehead atoms. The highest BCUT2D eigenvalue weighted by molar-refractivity contribution is 5.51. The topological polar surface area (TPSA) is 85.9 Å². The minimum Gasteiger partial charge on any atom is -0.364 e. The van der Waals surface area contributed by atoms with Crippen LogP contribution >= 0.6 is 0 Å². The fourth-order valence-electron chi connectivity index (χ4n) is 1.61. The van der Waals surface area contributed by atoms with Gasteiger partial charge in [0, 0.05) is 31.9 Å². The van der Waals surface area contributed by atoms with Crippen molar-refractivity contribution in [2.24, 2.45) is 7.05 Å². The Morgan fingerprint density at radius 3 is 2.94 bits per heavy atom. The van der Waals surface area contributed by atoms with Gasteiger partial charge in [-0.15, -0.1) is 0 Å². The number of aromatic nitrogens is 3. The third kappa shape index (κ3) is 2.62. The third-order valence-corrected chi connectivity index (χ3v) is 2.49. The van der Waals surface area contributed by atoms with Gasteiger partial charge < -0.3 is 15.4 Å². The Bertz CT molecular complexity index is 538. The SMILES string of the molecule is Cn1cnc([N+](=O)[O-])c1NCCc1ccccn1. The van der Waals surface area contributed by atoms with Crippen molar-refractivity contribution in [2.45, 2.75) is 6.42 Å². The lowest BCUT2D eigenvalue weighted by Gasteiger charge is -2.05. The number of nitrogens with zero attached hydrogens (tertiary/aromatic N) is 4. The number of pyridine rings is 1. The van der Waals surface area contributed by atoms with Crippen LogP contribution in [0.1, 0.15) is 5.69 Å². The van der Waals surface area contributed by atoms with Crippen LogP contribution in [0.4, 0.5) is 11.6 Å². The van der Waals surface area contributed by atoms with Crippen molar-refractivity contribution in [2.75, 3.05) is 11.9 Å². The molecule has 0 spiro atoms. The molecule has 0 amide bonds. The molecule has 0 aliphatic rings. The maximum Gasteiger partial charge on any atom is 0.406 e. The molecule has 0 saturated carbocycles. The molecule has 0 fully saturated rings. The van der Waals surface area contributed by atoms with E-state index in [0.29, 0.717) is 18.8 Å². The van der Waals surface area contributed by atoms with E-state index < -0.39 is 4.92 Å². The van der Waals surface area contributed by atoms with Crippen LogP contribution in [0, 0.1) is 10.1 Å². The largest absolute Gasteiger partial charge is 0.406 e. The monoisotopic (exact) mass is 247 g/mol. The zero-order valence-electron chi connectivity index (χ0n) is 9.91. The molecule has 2 aromatic rings. The molecule has 0 aliphatic heterocycles. The average molecular weight is 247 g/mol. The van der Waals surface area contributed by atoms with Crippen LogP contribution < -0.4 is 5.32 Å². The molecular formula is C11H13N5O2. The van der Waals surface area contributed by atoms with Crippen LogP contribution in [-0.2, 0) is 13.5 Å². The zero-order chi connectivity index (χ0) is 13.0. The first-order valence-electron chi connectivity index (χ1n) is 5.48. The number of nitro groups is 1. The van der Waals surface area contributed by atoms with Gasteiger partial charge in [0.1, 0.15) is 0 Å². The molecule has 1 N–H and O–H groups in total. The van der Waals surface area contributed by atoms with Crippen molar-refractivity contribution in [1.82, 2.24) is 14.5 Å². The van der Waals surface area contributed by atoms with Crippen molar-refractivity contribution in [3.8, 4) is 0 Å². The van der Waals surface area contributed by atoms with Gasteiger partial charge in [-0.3, -0.25) is 9.55 Å². The number of nitrogens with one attached hydrogen (secondary N) is 1. The van der Waals surface area contributed by atoms with Crippen LogP contribution in [-0.4, -0.2) is 26.0 Å². The maximum atomic E-state index is 10.7. The Hall–Kier alpha value is -2.44. The van der Waals surface area contributed by atoms with E-state index in [2.05, 4.69) is 15.3 Å². The highest BCUT2D eigenvalue weighted by Crippen LogP contribution is 2.20. The Balaban J connectivity index is 1.98. The molecule has 2 heterocycles. The fraction of sp³-hybridized carbons (Fsp3) is 0.273. The molecule has 0 aliphatic carbocycles. The van der Waals surface area contributed by atoms with Crippen LogP contribution in [0.25, 0.3) is 0 Å². The molecule has 0 radical (unpaired) electrons. The molecule has 18 heavy (non-hydrogen) atoms. The predicted molar refractivity (Wildman–Crippen MR) is 66.3 cm³/mol. The van der Waals surface area contributed by atoms with Gasteiger partial charge in [-0.25, -0.2) is 0 Å². The summed E-state index contributed by atoms with van der Waals surface area (Å²) in [6.45, 7) is 0.567. The standard InChI is InChI=1S/C11H13N5O2/c1-15-8-14-11(16(17)18)10(15)13-7-5-9-4-2-3-6-12-9/h2-4,6,8,13H,5,7H2,1H3. The fourth-order valence-corrected chi connectivity index (χ4v) is 1.61. The summed E-state index contributed by atoms with van der Waals surface area (Å²) in [5.74, 6) is 0.259. The van der Waals surface area contributed by atoms with Gasteiger partial charge in [0.15, 0.2) is 0 Å². The molecule has 7 heteroatoms. The number of anilines is 1. The van der Waals surface area contributed by atoms with Gasteiger partial charge in [0.05, 0.1) is 0 Å². The summed E-state index contributed by atoms with van der Waals surface area (Å²) in [6.07, 6.45) is 3.84. The second-order valence-corrected chi connectivity index (χ2v) is 3.78. The molecule has 94 valence electrons. The predicted octanol–water partition coefficient (Wildman–Crippen LogP) is 1.38. The van der Waals surface area contributed by atoms with E-state index in [4.69, 9.17) is 0 Å². The van der Waals surface area contributed by atoms with E-state index in [-0.39, 0.29) is 5.82 Å². The molecule has 7 nitrogen and oxygen atoms in total. The van der Waals surface area contributed by atoms with E-state index in [0.717, 1.165) is 5.69 Å². The quantitative estimate of drug-likeness (QED) is 0.637. The van der Waals surface area contributed by atoms with E-state index in [1.165, 1.54) is 6.33 Å². The highest BCUT2D eigenvalue weighted by atomic mass is 16.6. The van der Waals surface area contributed by atoms with Crippen molar-refractivity contribution < 1.29 is 4.92 Å².